The highest BCUT2D eigenvalue weighted by atomic mass is 19.4. The Kier molecular flexibility index (Phi) is 4.91. The maximum atomic E-state index is 12.6. The lowest BCUT2D eigenvalue weighted by molar-refractivity contribution is -0.141. The number of aryl methyl sites for hydroxylation is 1. The average Bonchev–Trinajstić information content (AvgIpc) is 2.71. The van der Waals surface area contributed by atoms with Crippen molar-refractivity contribution in [3.8, 4) is 0 Å². The molecule has 2 rings (SSSR count). The Balaban J connectivity index is 2.16. The van der Waals surface area contributed by atoms with Gasteiger partial charge in [0.2, 0.25) is 5.91 Å². The van der Waals surface area contributed by atoms with E-state index < -0.39 is 11.9 Å². The summed E-state index contributed by atoms with van der Waals surface area (Å²) in [6.45, 7) is 4.68. The molecule has 1 aliphatic rings. The molecule has 0 radical (unpaired) electrons. The molecule has 5 nitrogen and oxygen atoms in total. The summed E-state index contributed by atoms with van der Waals surface area (Å²) in [5.41, 5.74) is -0.794. The van der Waals surface area contributed by atoms with E-state index in [0.717, 1.165) is 6.07 Å². The lowest BCUT2D eigenvalue weighted by Gasteiger charge is -2.22. The van der Waals surface area contributed by atoms with Gasteiger partial charge in [0.25, 0.3) is 5.91 Å². The maximum Gasteiger partial charge on any atom is 0.433 e. The van der Waals surface area contributed by atoms with Gasteiger partial charge < -0.3 is 9.80 Å². The maximum absolute atomic E-state index is 12.6. The van der Waals surface area contributed by atoms with Gasteiger partial charge in [-0.25, -0.2) is 4.98 Å². The highest BCUT2D eigenvalue weighted by molar-refractivity contribution is 5.95. The highest BCUT2D eigenvalue weighted by Gasteiger charge is 2.33. The van der Waals surface area contributed by atoms with Gasteiger partial charge in [-0.15, -0.1) is 0 Å². The van der Waals surface area contributed by atoms with E-state index in [4.69, 9.17) is 0 Å². The van der Waals surface area contributed by atoms with Crippen molar-refractivity contribution in [3.63, 3.8) is 0 Å². The molecule has 2 heterocycles. The molecule has 0 aliphatic carbocycles. The summed E-state index contributed by atoms with van der Waals surface area (Å²) >= 11 is 0. The second-order valence-corrected chi connectivity index (χ2v) is 5.48. The van der Waals surface area contributed by atoms with Gasteiger partial charge in [-0.05, 0) is 25.5 Å². The normalized spacial score (nSPS) is 16.2. The minimum Gasteiger partial charge on any atom is -0.341 e. The summed E-state index contributed by atoms with van der Waals surface area (Å²) in [6.07, 6.45) is -3.89. The highest BCUT2D eigenvalue weighted by Crippen LogP contribution is 2.28. The minimum absolute atomic E-state index is 0.0494. The lowest BCUT2D eigenvalue weighted by Crippen LogP contribution is -2.37. The van der Waals surface area contributed by atoms with Crippen molar-refractivity contribution in [1.29, 1.82) is 0 Å². The second kappa shape index (κ2) is 6.55. The zero-order chi connectivity index (χ0) is 17.2. The minimum atomic E-state index is -4.53. The van der Waals surface area contributed by atoms with Gasteiger partial charge >= 0.3 is 6.18 Å². The van der Waals surface area contributed by atoms with E-state index in [1.54, 1.807) is 9.80 Å². The van der Waals surface area contributed by atoms with Crippen LogP contribution < -0.4 is 0 Å². The van der Waals surface area contributed by atoms with Crippen LogP contribution in [-0.2, 0) is 11.0 Å². The lowest BCUT2D eigenvalue weighted by atomic mass is 10.1. The first-order valence-corrected chi connectivity index (χ1v) is 7.30. The van der Waals surface area contributed by atoms with Crippen molar-refractivity contribution in [2.75, 3.05) is 26.2 Å². The predicted octanol–water partition coefficient (Wildman–Crippen LogP) is 2.10. The van der Waals surface area contributed by atoms with Crippen LogP contribution in [0.1, 0.15) is 35.1 Å². The van der Waals surface area contributed by atoms with Crippen LogP contribution >= 0.6 is 0 Å². The molecule has 0 bridgehead atoms. The number of amides is 2. The van der Waals surface area contributed by atoms with E-state index in [9.17, 15) is 22.8 Å². The van der Waals surface area contributed by atoms with E-state index >= 15 is 0 Å². The van der Waals surface area contributed by atoms with Crippen molar-refractivity contribution in [1.82, 2.24) is 14.8 Å². The van der Waals surface area contributed by atoms with E-state index in [0.29, 0.717) is 32.6 Å². The molecule has 1 saturated heterocycles. The fourth-order valence-corrected chi connectivity index (χ4v) is 2.55. The Morgan fingerprint density at radius 1 is 1.09 bits per heavy atom. The number of hydrogen-bond donors (Lipinski definition) is 0. The third-order valence-corrected chi connectivity index (χ3v) is 3.84. The molecule has 8 heteroatoms. The predicted molar refractivity (Wildman–Crippen MR) is 76.8 cm³/mol. The Bertz CT molecular complexity index is 616. The Labute approximate surface area is 132 Å². The van der Waals surface area contributed by atoms with Gasteiger partial charge in [0.05, 0.1) is 11.3 Å². The zero-order valence-corrected chi connectivity index (χ0v) is 13.0. The van der Waals surface area contributed by atoms with Crippen LogP contribution in [0, 0.1) is 6.92 Å². The number of aromatic nitrogens is 1. The van der Waals surface area contributed by atoms with Crippen LogP contribution in [0.3, 0.4) is 0 Å². The quantitative estimate of drug-likeness (QED) is 0.793. The van der Waals surface area contributed by atoms with E-state index in [-0.39, 0.29) is 23.1 Å². The summed E-state index contributed by atoms with van der Waals surface area (Å²) in [5.74, 6) is -0.402. The van der Waals surface area contributed by atoms with Gasteiger partial charge in [0.15, 0.2) is 0 Å². The van der Waals surface area contributed by atoms with Crippen LogP contribution in [0.15, 0.2) is 12.1 Å². The molecule has 1 aliphatic heterocycles. The largest absolute Gasteiger partial charge is 0.433 e. The zero-order valence-electron chi connectivity index (χ0n) is 13.0. The molecule has 0 unspecified atom stereocenters. The number of halogens is 3. The van der Waals surface area contributed by atoms with E-state index in [1.165, 1.54) is 19.9 Å². The molecule has 23 heavy (non-hydrogen) atoms. The molecule has 1 aromatic rings. The molecule has 1 fully saturated rings. The molecule has 0 atom stereocenters. The Morgan fingerprint density at radius 3 is 2.26 bits per heavy atom. The third kappa shape index (κ3) is 4.00. The van der Waals surface area contributed by atoms with Crippen molar-refractivity contribution >= 4 is 11.8 Å². The van der Waals surface area contributed by atoms with Crippen LogP contribution in [0.4, 0.5) is 13.2 Å². The van der Waals surface area contributed by atoms with Gasteiger partial charge in [0, 0.05) is 33.1 Å². The SMILES string of the molecule is CC(=O)N1CCCN(C(=O)c2ccc(C(F)(F)F)nc2C)CC1. The standard InChI is InChI=1S/C15H18F3N3O2/c1-10-12(4-5-13(19-10)15(16,17)18)14(23)21-7-3-6-20(8-9-21)11(2)22/h4-5H,3,6-9H2,1-2H3. The molecule has 0 spiro atoms. The number of carbonyl (C=O) groups excluding carboxylic acids is 2. The first-order valence-electron chi connectivity index (χ1n) is 7.30. The monoisotopic (exact) mass is 329 g/mol. The van der Waals surface area contributed by atoms with Gasteiger partial charge in [-0.1, -0.05) is 0 Å². The van der Waals surface area contributed by atoms with Crippen molar-refractivity contribution in [3.05, 3.63) is 29.1 Å². The average molecular weight is 329 g/mol. The fraction of sp³-hybridized carbons (Fsp3) is 0.533. The number of rotatable bonds is 1. The molecular weight excluding hydrogens is 311 g/mol. The topological polar surface area (TPSA) is 53.5 Å². The number of nitrogens with zero attached hydrogens (tertiary/aromatic N) is 3. The first kappa shape index (κ1) is 17.2. The van der Waals surface area contributed by atoms with Crippen LogP contribution in [0.25, 0.3) is 0 Å². The Hall–Kier alpha value is -2.12. The summed E-state index contributed by atoms with van der Waals surface area (Å²) in [7, 11) is 0. The first-order chi connectivity index (χ1) is 10.7. The summed E-state index contributed by atoms with van der Waals surface area (Å²) < 4.78 is 37.9. The molecule has 0 saturated carbocycles. The van der Waals surface area contributed by atoms with Gasteiger partial charge in [-0.2, -0.15) is 13.2 Å². The number of carbonyl (C=O) groups is 2. The molecular formula is C15H18F3N3O2. The molecule has 0 N–H and O–H groups in total. The number of pyridine rings is 1. The smallest absolute Gasteiger partial charge is 0.341 e. The summed E-state index contributed by atoms with van der Waals surface area (Å²) in [4.78, 5) is 30.6. The number of hydrogen-bond acceptors (Lipinski definition) is 3. The van der Waals surface area contributed by atoms with Crippen LogP contribution in [-0.4, -0.2) is 52.8 Å². The molecule has 1 aromatic heterocycles. The van der Waals surface area contributed by atoms with E-state index in [1.807, 2.05) is 0 Å². The molecule has 2 amide bonds. The number of alkyl halides is 3. The molecule has 0 aromatic carbocycles. The van der Waals surface area contributed by atoms with E-state index in [2.05, 4.69) is 4.98 Å². The Morgan fingerprint density at radius 2 is 1.70 bits per heavy atom. The second-order valence-electron chi connectivity index (χ2n) is 5.48. The summed E-state index contributed by atoms with van der Waals surface area (Å²) in [5, 5.41) is 0. The van der Waals surface area contributed by atoms with Crippen LogP contribution in [0.2, 0.25) is 0 Å². The molecule has 126 valence electrons. The van der Waals surface area contributed by atoms with Gasteiger partial charge in [0.1, 0.15) is 5.69 Å². The fourth-order valence-electron chi connectivity index (χ4n) is 2.55. The van der Waals surface area contributed by atoms with Gasteiger partial charge in [-0.3, -0.25) is 9.59 Å². The van der Waals surface area contributed by atoms with Crippen molar-refractivity contribution < 1.29 is 22.8 Å². The third-order valence-electron chi connectivity index (χ3n) is 3.84. The van der Waals surface area contributed by atoms with Crippen molar-refractivity contribution in [2.45, 2.75) is 26.4 Å². The van der Waals surface area contributed by atoms with Crippen molar-refractivity contribution in [2.24, 2.45) is 0 Å². The van der Waals surface area contributed by atoms with Crippen LogP contribution in [0.5, 0.6) is 0 Å². The summed E-state index contributed by atoms with van der Waals surface area (Å²) in [6, 6.07) is 1.99.